The molecule has 2 aromatic rings. The number of carbonyl (C=O) groups is 3. The molecule has 1 aliphatic heterocycles. The molecule has 1 atom stereocenters. The Morgan fingerprint density at radius 1 is 1.07 bits per heavy atom. The van der Waals surface area contributed by atoms with Gasteiger partial charge in [0.2, 0.25) is 5.91 Å². The van der Waals surface area contributed by atoms with Gasteiger partial charge in [-0.25, -0.2) is 0 Å². The summed E-state index contributed by atoms with van der Waals surface area (Å²) in [7, 11) is 0. The third-order valence-corrected chi connectivity index (χ3v) is 4.88. The number of carboxylic acid groups (broad SMARTS) is 1. The van der Waals surface area contributed by atoms with E-state index < -0.39 is 12.0 Å². The fraction of sp³-hybridized carbons (Fsp3) is 0.250. The van der Waals surface area contributed by atoms with Crippen LogP contribution in [0, 0.1) is 0 Å². The number of carboxylic acids is 1. The Kier molecular flexibility index (Phi) is 5.76. The number of hydrogen-bond acceptors (Lipinski definition) is 3. The van der Waals surface area contributed by atoms with Crippen molar-refractivity contribution in [2.24, 2.45) is 0 Å². The van der Waals surface area contributed by atoms with Crippen LogP contribution in [0.15, 0.2) is 48.5 Å². The molecule has 27 heavy (non-hydrogen) atoms. The Bertz CT molecular complexity index is 884. The van der Waals surface area contributed by atoms with Crippen molar-refractivity contribution in [3.8, 4) is 0 Å². The minimum atomic E-state index is -0.992. The Morgan fingerprint density at radius 2 is 1.74 bits per heavy atom. The molecule has 1 aliphatic rings. The number of fused-ring (bicyclic) bond motifs is 1. The molecular weight excluding hydrogens is 368 g/mol. The molecular formula is C20H19ClN2O4. The van der Waals surface area contributed by atoms with Crippen LogP contribution in [0.4, 0.5) is 0 Å². The average molecular weight is 387 g/mol. The molecule has 0 aliphatic carbocycles. The summed E-state index contributed by atoms with van der Waals surface area (Å²) in [6, 6.07) is 13.6. The smallest absolute Gasteiger partial charge is 0.305 e. The molecule has 0 radical (unpaired) electrons. The van der Waals surface area contributed by atoms with Gasteiger partial charge in [0.1, 0.15) is 6.04 Å². The highest BCUT2D eigenvalue weighted by Crippen LogP contribution is 2.27. The monoisotopic (exact) mass is 386 g/mol. The van der Waals surface area contributed by atoms with E-state index in [0.717, 1.165) is 11.1 Å². The summed E-state index contributed by atoms with van der Waals surface area (Å²) < 4.78 is 0. The van der Waals surface area contributed by atoms with Crippen molar-refractivity contribution in [3.63, 3.8) is 0 Å². The molecule has 0 fully saturated rings. The first kappa shape index (κ1) is 18.9. The lowest BCUT2D eigenvalue weighted by atomic mass is 9.92. The molecule has 6 nitrogen and oxygen atoms in total. The zero-order chi connectivity index (χ0) is 19.4. The number of benzene rings is 2. The lowest BCUT2D eigenvalue weighted by Crippen LogP contribution is -2.52. The average Bonchev–Trinajstić information content (AvgIpc) is 2.66. The number of carbonyl (C=O) groups excluding carboxylic acids is 2. The van der Waals surface area contributed by atoms with Gasteiger partial charge in [-0.3, -0.25) is 14.4 Å². The predicted molar refractivity (Wildman–Crippen MR) is 101 cm³/mol. The molecule has 140 valence electrons. The second-order valence-corrected chi connectivity index (χ2v) is 6.74. The Morgan fingerprint density at radius 3 is 2.44 bits per heavy atom. The zero-order valence-electron chi connectivity index (χ0n) is 14.5. The van der Waals surface area contributed by atoms with E-state index in [9.17, 15) is 14.4 Å². The number of halogens is 1. The topological polar surface area (TPSA) is 86.7 Å². The second-order valence-electron chi connectivity index (χ2n) is 6.34. The predicted octanol–water partition coefficient (Wildman–Crippen LogP) is 2.50. The van der Waals surface area contributed by atoms with E-state index in [1.165, 1.54) is 4.90 Å². The summed E-state index contributed by atoms with van der Waals surface area (Å²) in [6.07, 6.45) is 0.193. The first-order valence-electron chi connectivity index (χ1n) is 8.59. The molecule has 1 unspecified atom stereocenters. The molecule has 1 heterocycles. The maximum atomic E-state index is 13.1. The second kappa shape index (κ2) is 8.22. The first-order chi connectivity index (χ1) is 13.0. The quantitative estimate of drug-likeness (QED) is 0.826. The van der Waals surface area contributed by atoms with Crippen molar-refractivity contribution in [2.75, 3.05) is 6.54 Å². The Hall–Kier alpha value is -2.86. The highest BCUT2D eigenvalue weighted by atomic mass is 35.5. The molecule has 0 saturated heterocycles. The Labute approximate surface area is 161 Å². The molecule has 0 saturated carbocycles. The highest BCUT2D eigenvalue weighted by molar-refractivity contribution is 6.33. The van der Waals surface area contributed by atoms with Crippen molar-refractivity contribution in [1.82, 2.24) is 10.2 Å². The lowest BCUT2D eigenvalue weighted by molar-refractivity contribution is -0.137. The minimum Gasteiger partial charge on any atom is -0.481 e. The van der Waals surface area contributed by atoms with Gasteiger partial charge in [-0.1, -0.05) is 48.0 Å². The fourth-order valence-electron chi connectivity index (χ4n) is 3.17. The van der Waals surface area contributed by atoms with Crippen LogP contribution in [0.3, 0.4) is 0 Å². The Balaban J connectivity index is 1.88. The SMILES string of the molecule is O=C(O)CCNC(=O)C1Cc2ccccc2CN1C(=O)c1ccccc1Cl. The van der Waals surface area contributed by atoms with Crippen LogP contribution in [-0.2, 0) is 22.6 Å². The number of nitrogens with zero attached hydrogens (tertiary/aromatic N) is 1. The number of rotatable bonds is 5. The van der Waals surface area contributed by atoms with E-state index in [1.54, 1.807) is 24.3 Å². The van der Waals surface area contributed by atoms with E-state index in [2.05, 4.69) is 5.32 Å². The maximum absolute atomic E-state index is 13.1. The molecule has 7 heteroatoms. The number of amides is 2. The largest absolute Gasteiger partial charge is 0.481 e. The van der Waals surface area contributed by atoms with Gasteiger partial charge in [-0.05, 0) is 23.3 Å². The summed E-state index contributed by atoms with van der Waals surface area (Å²) >= 11 is 6.17. The summed E-state index contributed by atoms with van der Waals surface area (Å²) in [6.45, 7) is 0.303. The lowest BCUT2D eigenvalue weighted by Gasteiger charge is -2.36. The van der Waals surface area contributed by atoms with Gasteiger partial charge in [0.15, 0.2) is 0 Å². The fourth-order valence-corrected chi connectivity index (χ4v) is 3.39. The van der Waals surface area contributed by atoms with Gasteiger partial charge in [-0.15, -0.1) is 0 Å². The van der Waals surface area contributed by atoms with Crippen LogP contribution in [0.5, 0.6) is 0 Å². The molecule has 0 aromatic heterocycles. The highest BCUT2D eigenvalue weighted by Gasteiger charge is 2.35. The van der Waals surface area contributed by atoms with Gasteiger partial charge in [0.05, 0.1) is 17.0 Å². The molecule has 2 amide bonds. The van der Waals surface area contributed by atoms with Crippen molar-refractivity contribution in [1.29, 1.82) is 0 Å². The van der Waals surface area contributed by atoms with E-state index in [1.807, 2.05) is 24.3 Å². The number of hydrogen-bond donors (Lipinski definition) is 2. The van der Waals surface area contributed by atoms with Gasteiger partial charge in [-0.2, -0.15) is 0 Å². The standard InChI is InChI=1S/C20H19ClN2O4/c21-16-8-4-3-7-15(16)20(27)23-12-14-6-2-1-5-13(14)11-17(23)19(26)22-10-9-18(24)25/h1-8,17H,9-12H2,(H,22,26)(H,24,25). The van der Waals surface area contributed by atoms with Crippen molar-refractivity contribution < 1.29 is 19.5 Å². The number of aliphatic carboxylic acids is 1. The summed E-state index contributed by atoms with van der Waals surface area (Å²) in [5.41, 5.74) is 2.31. The van der Waals surface area contributed by atoms with Crippen LogP contribution >= 0.6 is 11.6 Å². The van der Waals surface area contributed by atoms with Crippen LogP contribution in [-0.4, -0.2) is 40.4 Å². The minimum absolute atomic E-state index is 0.0143. The van der Waals surface area contributed by atoms with Crippen molar-refractivity contribution in [2.45, 2.75) is 25.4 Å². The summed E-state index contributed by atoms with van der Waals surface area (Å²) in [5, 5.41) is 11.7. The van der Waals surface area contributed by atoms with Crippen LogP contribution in [0.1, 0.15) is 27.9 Å². The molecule has 0 spiro atoms. The van der Waals surface area contributed by atoms with Crippen LogP contribution in [0.25, 0.3) is 0 Å². The van der Waals surface area contributed by atoms with E-state index in [-0.39, 0.29) is 31.3 Å². The first-order valence-corrected chi connectivity index (χ1v) is 8.97. The maximum Gasteiger partial charge on any atom is 0.305 e. The summed E-state index contributed by atoms with van der Waals surface area (Å²) in [5.74, 6) is -1.69. The van der Waals surface area contributed by atoms with E-state index >= 15 is 0 Å². The molecule has 0 bridgehead atoms. The normalized spacial score (nSPS) is 15.7. The van der Waals surface area contributed by atoms with Crippen molar-refractivity contribution in [3.05, 3.63) is 70.2 Å². The van der Waals surface area contributed by atoms with Gasteiger partial charge in [0, 0.05) is 19.5 Å². The van der Waals surface area contributed by atoms with Gasteiger partial charge in [0.25, 0.3) is 5.91 Å². The third-order valence-electron chi connectivity index (χ3n) is 4.55. The van der Waals surface area contributed by atoms with E-state index in [4.69, 9.17) is 16.7 Å². The third kappa shape index (κ3) is 4.28. The molecule has 3 rings (SSSR count). The summed E-state index contributed by atoms with van der Waals surface area (Å²) in [4.78, 5) is 38.0. The molecule has 2 aromatic carbocycles. The molecule has 2 N–H and O–H groups in total. The zero-order valence-corrected chi connectivity index (χ0v) is 15.3. The van der Waals surface area contributed by atoms with Gasteiger partial charge >= 0.3 is 5.97 Å². The number of nitrogens with one attached hydrogen (secondary N) is 1. The van der Waals surface area contributed by atoms with Gasteiger partial charge < -0.3 is 15.3 Å². The van der Waals surface area contributed by atoms with Crippen LogP contribution < -0.4 is 5.32 Å². The van der Waals surface area contributed by atoms with Crippen LogP contribution in [0.2, 0.25) is 5.02 Å². The van der Waals surface area contributed by atoms with E-state index in [0.29, 0.717) is 17.0 Å². The van der Waals surface area contributed by atoms with Crippen molar-refractivity contribution >= 4 is 29.4 Å².